The van der Waals surface area contributed by atoms with Crippen molar-refractivity contribution in [2.75, 3.05) is 7.11 Å². The Morgan fingerprint density at radius 1 is 1.47 bits per heavy atom. The first-order valence-corrected chi connectivity index (χ1v) is 5.84. The number of ether oxygens (including phenoxy) is 2. The van der Waals surface area contributed by atoms with Crippen molar-refractivity contribution in [1.82, 2.24) is 5.43 Å². The molecule has 0 saturated carbocycles. The van der Waals surface area contributed by atoms with E-state index in [-0.39, 0.29) is 18.4 Å². The number of carbonyl (C=O) groups is 1. The molecule has 0 heterocycles. The van der Waals surface area contributed by atoms with Crippen molar-refractivity contribution in [3.63, 3.8) is 0 Å². The fraction of sp³-hybridized carbons (Fsp3) is 0.385. The fourth-order valence-corrected chi connectivity index (χ4v) is 1.52. The minimum atomic E-state index is -0.237. The third kappa shape index (κ3) is 4.85. The third-order valence-corrected chi connectivity index (χ3v) is 2.52. The van der Waals surface area contributed by atoms with Crippen LogP contribution in [0.5, 0.6) is 11.5 Å². The largest absolute Gasteiger partial charge is 0.497 e. The lowest BCUT2D eigenvalue weighted by Crippen LogP contribution is -2.30. The van der Waals surface area contributed by atoms with Gasteiger partial charge in [0.05, 0.1) is 24.8 Å². The minimum absolute atomic E-state index is 0.170. The molecule has 0 aliphatic carbocycles. The van der Waals surface area contributed by atoms with Gasteiger partial charge >= 0.3 is 0 Å². The molecule has 0 fully saturated rings. The maximum atomic E-state index is 11.0. The van der Waals surface area contributed by atoms with Crippen molar-refractivity contribution in [3.8, 4) is 17.6 Å². The number of hydrogen-bond acceptors (Lipinski definition) is 5. The highest BCUT2D eigenvalue weighted by atomic mass is 16.5. The summed E-state index contributed by atoms with van der Waals surface area (Å²) in [4.78, 5) is 11.0. The first kappa shape index (κ1) is 14.8. The first-order chi connectivity index (χ1) is 9.08. The van der Waals surface area contributed by atoms with Crippen molar-refractivity contribution in [1.29, 1.82) is 5.26 Å². The van der Waals surface area contributed by atoms with Gasteiger partial charge in [0.2, 0.25) is 5.91 Å². The van der Waals surface area contributed by atoms with Gasteiger partial charge in [-0.05, 0) is 25.5 Å². The van der Waals surface area contributed by atoms with Crippen molar-refractivity contribution in [2.24, 2.45) is 5.84 Å². The monoisotopic (exact) mass is 263 g/mol. The molecule has 1 amide bonds. The molecule has 1 atom stereocenters. The Hall–Kier alpha value is -2.26. The molecule has 6 nitrogen and oxygen atoms in total. The number of amides is 1. The molecule has 0 aromatic heterocycles. The van der Waals surface area contributed by atoms with Crippen molar-refractivity contribution < 1.29 is 14.3 Å². The van der Waals surface area contributed by atoms with E-state index in [0.29, 0.717) is 23.5 Å². The summed E-state index contributed by atoms with van der Waals surface area (Å²) >= 11 is 0. The van der Waals surface area contributed by atoms with Gasteiger partial charge in [-0.15, -0.1) is 0 Å². The van der Waals surface area contributed by atoms with E-state index in [0.717, 1.165) is 0 Å². The molecular formula is C13H17N3O3. The SMILES string of the molecule is COc1cc(C#N)cc(OC(C)CCC(=O)NN)c1. The van der Waals surface area contributed by atoms with E-state index in [2.05, 4.69) is 5.43 Å². The van der Waals surface area contributed by atoms with E-state index in [1.165, 1.54) is 7.11 Å². The normalized spacial score (nSPS) is 11.3. The minimum Gasteiger partial charge on any atom is -0.497 e. The van der Waals surface area contributed by atoms with Gasteiger partial charge in [0, 0.05) is 12.5 Å². The maximum Gasteiger partial charge on any atom is 0.234 e. The maximum absolute atomic E-state index is 11.0. The number of hydrogen-bond donors (Lipinski definition) is 2. The molecular weight excluding hydrogens is 246 g/mol. The zero-order valence-corrected chi connectivity index (χ0v) is 11.0. The number of nitrogens with one attached hydrogen (secondary N) is 1. The Balaban J connectivity index is 2.65. The Morgan fingerprint density at radius 3 is 2.74 bits per heavy atom. The van der Waals surface area contributed by atoms with Gasteiger partial charge in [-0.3, -0.25) is 10.2 Å². The Bertz CT molecular complexity index is 483. The van der Waals surface area contributed by atoms with E-state index >= 15 is 0 Å². The fourth-order valence-electron chi connectivity index (χ4n) is 1.52. The smallest absolute Gasteiger partial charge is 0.234 e. The molecule has 19 heavy (non-hydrogen) atoms. The van der Waals surface area contributed by atoms with E-state index < -0.39 is 0 Å². The molecule has 1 rings (SSSR count). The van der Waals surface area contributed by atoms with Crippen LogP contribution in [0.4, 0.5) is 0 Å². The summed E-state index contributed by atoms with van der Waals surface area (Å²) in [6.45, 7) is 1.84. The summed E-state index contributed by atoms with van der Waals surface area (Å²) in [5.41, 5.74) is 2.52. The quantitative estimate of drug-likeness (QED) is 0.455. The molecule has 6 heteroatoms. The highest BCUT2D eigenvalue weighted by molar-refractivity contribution is 5.75. The lowest BCUT2D eigenvalue weighted by molar-refractivity contribution is -0.121. The van der Waals surface area contributed by atoms with Crippen molar-refractivity contribution in [2.45, 2.75) is 25.9 Å². The average molecular weight is 263 g/mol. The summed E-state index contributed by atoms with van der Waals surface area (Å²) in [5.74, 6) is 5.85. The summed E-state index contributed by atoms with van der Waals surface area (Å²) < 4.78 is 10.7. The number of carbonyl (C=O) groups excluding carboxylic acids is 1. The molecule has 3 N–H and O–H groups in total. The molecule has 0 aliphatic rings. The predicted octanol–water partition coefficient (Wildman–Crippen LogP) is 1.10. The van der Waals surface area contributed by atoms with Crippen LogP contribution < -0.4 is 20.7 Å². The molecule has 0 radical (unpaired) electrons. The summed E-state index contributed by atoms with van der Waals surface area (Å²) in [5, 5.41) is 8.90. The number of rotatable bonds is 6. The highest BCUT2D eigenvalue weighted by Crippen LogP contribution is 2.23. The number of methoxy groups -OCH3 is 1. The van der Waals surface area contributed by atoms with E-state index in [1.807, 2.05) is 13.0 Å². The van der Waals surface area contributed by atoms with E-state index in [9.17, 15) is 4.79 Å². The lowest BCUT2D eigenvalue weighted by atomic mass is 10.2. The lowest BCUT2D eigenvalue weighted by Gasteiger charge is -2.15. The van der Waals surface area contributed by atoms with Crippen LogP contribution in [-0.2, 0) is 4.79 Å². The third-order valence-electron chi connectivity index (χ3n) is 2.52. The van der Waals surface area contributed by atoms with Crippen LogP contribution >= 0.6 is 0 Å². The number of benzene rings is 1. The first-order valence-electron chi connectivity index (χ1n) is 5.84. The highest BCUT2D eigenvalue weighted by Gasteiger charge is 2.09. The summed E-state index contributed by atoms with van der Waals surface area (Å²) in [7, 11) is 1.52. The van der Waals surface area contributed by atoms with Gasteiger partial charge in [0.1, 0.15) is 11.5 Å². The summed E-state index contributed by atoms with van der Waals surface area (Å²) in [6, 6.07) is 6.98. The number of nitriles is 1. The van der Waals surface area contributed by atoms with Crippen LogP contribution in [0.15, 0.2) is 18.2 Å². The molecule has 0 saturated heterocycles. The topological polar surface area (TPSA) is 97.4 Å². The Morgan fingerprint density at radius 2 is 2.16 bits per heavy atom. The zero-order chi connectivity index (χ0) is 14.3. The van der Waals surface area contributed by atoms with Crippen LogP contribution in [0, 0.1) is 11.3 Å². The Kier molecular flexibility index (Phi) is 5.64. The molecule has 1 aromatic rings. The van der Waals surface area contributed by atoms with Crippen LogP contribution in [0.2, 0.25) is 0 Å². The van der Waals surface area contributed by atoms with Crippen LogP contribution in [-0.4, -0.2) is 19.1 Å². The van der Waals surface area contributed by atoms with Gasteiger partial charge < -0.3 is 9.47 Å². The van der Waals surface area contributed by atoms with Gasteiger partial charge in [0.25, 0.3) is 0 Å². The van der Waals surface area contributed by atoms with Crippen LogP contribution in [0.1, 0.15) is 25.3 Å². The van der Waals surface area contributed by atoms with Gasteiger partial charge in [-0.25, -0.2) is 5.84 Å². The molecule has 1 aromatic carbocycles. The van der Waals surface area contributed by atoms with E-state index in [1.54, 1.807) is 18.2 Å². The standard InChI is InChI=1S/C13H17N3O3/c1-9(3-4-13(17)16-15)19-12-6-10(8-14)5-11(7-12)18-2/h5-7,9H,3-4,15H2,1-2H3,(H,16,17). The Labute approximate surface area is 112 Å². The van der Waals surface area contributed by atoms with Gasteiger partial charge in [0.15, 0.2) is 0 Å². The number of hydrazine groups is 1. The number of nitrogens with zero attached hydrogens (tertiary/aromatic N) is 1. The van der Waals surface area contributed by atoms with Crippen molar-refractivity contribution in [3.05, 3.63) is 23.8 Å². The summed E-state index contributed by atoms with van der Waals surface area (Å²) in [6.07, 6.45) is 0.644. The van der Waals surface area contributed by atoms with Crippen LogP contribution in [0.3, 0.4) is 0 Å². The second-order valence-corrected chi connectivity index (χ2v) is 4.04. The second kappa shape index (κ2) is 7.24. The molecule has 102 valence electrons. The predicted molar refractivity (Wildman–Crippen MR) is 69.4 cm³/mol. The number of nitrogens with two attached hydrogens (primary N) is 1. The van der Waals surface area contributed by atoms with Crippen LogP contribution in [0.25, 0.3) is 0 Å². The molecule has 1 unspecified atom stereocenters. The average Bonchev–Trinajstić information content (AvgIpc) is 2.44. The van der Waals surface area contributed by atoms with Gasteiger partial charge in [-0.1, -0.05) is 0 Å². The van der Waals surface area contributed by atoms with Crippen molar-refractivity contribution >= 4 is 5.91 Å². The zero-order valence-electron chi connectivity index (χ0n) is 11.0. The second-order valence-electron chi connectivity index (χ2n) is 4.04. The van der Waals surface area contributed by atoms with Gasteiger partial charge in [-0.2, -0.15) is 5.26 Å². The molecule has 0 bridgehead atoms. The van der Waals surface area contributed by atoms with E-state index in [4.69, 9.17) is 20.6 Å². The molecule has 0 spiro atoms. The molecule has 0 aliphatic heterocycles.